The van der Waals surface area contributed by atoms with Gasteiger partial charge in [-0.25, -0.2) is 0 Å². The first-order valence-electron chi connectivity index (χ1n) is 4.57. The highest BCUT2D eigenvalue weighted by Crippen LogP contribution is 2.61. The number of Topliss-reactive ketones (excluding diaryl/α,β-unsaturated/α-hetero) is 1. The molecule has 2 atom stereocenters. The molecule has 3 nitrogen and oxygen atoms in total. The van der Waals surface area contributed by atoms with Crippen LogP contribution in [-0.2, 0) is 9.59 Å². The van der Waals surface area contributed by atoms with Gasteiger partial charge in [-0.2, -0.15) is 0 Å². The van der Waals surface area contributed by atoms with Crippen molar-refractivity contribution in [2.45, 2.75) is 33.6 Å². The first-order chi connectivity index (χ1) is 5.85. The van der Waals surface area contributed by atoms with Gasteiger partial charge < -0.3 is 9.90 Å². The topological polar surface area (TPSA) is 54.4 Å². The fourth-order valence-corrected chi connectivity index (χ4v) is 2.17. The SMILES string of the molecule is CC(=O)C[C@H]1[C@H](CC(=O)O)C1(C)C. The Bertz CT molecular complexity index is 219. The zero-order valence-electron chi connectivity index (χ0n) is 8.33. The lowest BCUT2D eigenvalue weighted by Crippen LogP contribution is -1.99. The fourth-order valence-electron chi connectivity index (χ4n) is 2.17. The molecule has 0 saturated heterocycles. The fraction of sp³-hybridized carbons (Fsp3) is 0.800. The predicted molar refractivity (Wildman–Crippen MR) is 48.3 cm³/mol. The van der Waals surface area contributed by atoms with Crippen molar-refractivity contribution in [2.75, 3.05) is 0 Å². The summed E-state index contributed by atoms with van der Waals surface area (Å²) < 4.78 is 0. The second-order valence-electron chi connectivity index (χ2n) is 4.54. The molecule has 0 aliphatic heterocycles. The van der Waals surface area contributed by atoms with Crippen molar-refractivity contribution in [3.05, 3.63) is 0 Å². The number of carboxylic acid groups (broad SMARTS) is 1. The van der Waals surface area contributed by atoms with Gasteiger partial charge in [0, 0.05) is 12.8 Å². The molecule has 1 saturated carbocycles. The average Bonchev–Trinajstić information content (AvgIpc) is 2.36. The largest absolute Gasteiger partial charge is 0.481 e. The maximum Gasteiger partial charge on any atom is 0.303 e. The molecule has 0 aromatic carbocycles. The van der Waals surface area contributed by atoms with E-state index in [1.165, 1.54) is 0 Å². The minimum Gasteiger partial charge on any atom is -0.481 e. The molecule has 0 radical (unpaired) electrons. The lowest BCUT2D eigenvalue weighted by molar-refractivity contribution is -0.137. The Morgan fingerprint density at radius 1 is 1.23 bits per heavy atom. The maximum absolute atomic E-state index is 10.9. The molecule has 0 spiro atoms. The van der Waals surface area contributed by atoms with Crippen LogP contribution in [-0.4, -0.2) is 16.9 Å². The van der Waals surface area contributed by atoms with Crippen LogP contribution in [0.2, 0.25) is 0 Å². The van der Waals surface area contributed by atoms with Crippen LogP contribution >= 0.6 is 0 Å². The Balaban J connectivity index is 2.50. The molecule has 1 aliphatic rings. The van der Waals surface area contributed by atoms with Crippen LogP contribution in [0.25, 0.3) is 0 Å². The molecule has 1 N–H and O–H groups in total. The number of aliphatic carboxylic acids is 1. The molecule has 0 aromatic heterocycles. The Hall–Kier alpha value is -0.860. The summed E-state index contributed by atoms with van der Waals surface area (Å²) in [7, 11) is 0. The van der Waals surface area contributed by atoms with Gasteiger partial charge in [0.2, 0.25) is 0 Å². The zero-order valence-corrected chi connectivity index (χ0v) is 8.33. The van der Waals surface area contributed by atoms with Crippen LogP contribution in [0, 0.1) is 17.3 Å². The average molecular weight is 184 g/mol. The van der Waals surface area contributed by atoms with E-state index in [1.54, 1.807) is 6.92 Å². The van der Waals surface area contributed by atoms with Crippen molar-refractivity contribution in [2.24, 2.45) is 17.3 Å². The minimum atomic E-state index is -0.760. The van der Waals surface area contributed by atoms with E-state index < -0.39 is 5.97 Å². The molecule has 0 heterocycles. The Morgan fingerprint density at radius 3 is 2.08 bits per heavy atom. The number of hydrogen-bond donors (Lipinski definition) is 1. The van der Waals surface area contributed by atoms with Gasteiger partial charge in [0.1, 0.15) is 5.78 Å². The number of ketones is 1. The monoisotopic (exact) mass is 184 g/mol. The Kier molecular flexibility index (Phi) is 2.46. The summed E-state index contributed by atoms with van der Waals surface area (Å²) in [6.07, 6.45) is 0.732. The summed E-state index contributed by atoms with van der Waals surface area (Å²) in [4.78, 5) is 21.3. The Labute approximate surface area is 78.1 Å². The minimum absolute atomic E-state index is 0.0457. The highest BCUT2D eigenvalue weighted by Gasteiger charge is 2.57. The van der Waals surface area contributed by atoms with Gasteiger partial charge in [-0.05, 0) is 24.2 Å². The van der Waals surface area contributed by atoms with Crippen molar-refractivity contribution in [1.29, 1.82) is 0 Å². The van der Waals surface area contributed by atoms with Gasteiger partial charge in [-0.15, -0.1) is 0 Å². The van der Waals surface area contributed by atoms with Crippen molar-refractivity contribution < 1.29 is 14.7 Å². The summed E-state index contributed by atoms with van der Waals surface area (Å²) in [5.74, 6) is -0.134. The molecule has 3 heteroatoms. The van der Waals surface area contributed by atoms with Gasteiger partial charge in [0.25, 0.3) is 0 Å². The molecule has 13 heavy (non-hydrogen) atoms. The summed E-state index contributed by atoms with van der Waals surface area (Å²) in [5.41, 5.74) is 0.0457. The van der Waals surface area contributed by atoms with E-state index in [0.717, 1.165) is 0 Å². The van der Waals surface area contributed by atoms with E-state index >= 15 is 0 Å². The zero-order chi connectivity index (χ0) is 10.2. The van der Waals surface area contributed by atoms with E-state index in [-0.39, 0.29) is 29.5 Å². The van der Waals surface area contributed by atoms with E-state index in [2.05, 4.69) is 0 Å². The van der Waals surface area contributed by atoms with Crippen LogP contribution in [0.5, 0.6) is 0 Å². The van der Waals surface area contributed by atoms with Gasteiger partial charge in [0.05, 0.1) is 0 Å². The van der Waals surface area contributed by atoms with Crippen LogP contribution < -0.4 is 0 Å². The van der Waals surface area contributed by atoms with Gasteiger partial charge >= 0.3 is 5.97 Å². The third kappa shape index (κ3) is 2.08. The number of carbonyl (C=O) groups excluding carboxylic acids is 1. The number of carboxylic acids is 1. The molecule has 0 amide bonds. The molecule has 0 unspecified atom stereocenters. The molecule has 0 aromatic rings. The number of carbonyl (C=O) groups is 2. The first kappa shape index (κ1) is 10.2. The van der Waals surface area contributed by atoms with E-state index in [1.807, 2.05) is 13.8 Å². The molecule has 1 fully saturated rings. The van der Waals surface area contributed by atoms with E-state index in [9.17, 15) is 9.59 Å². The summed E-state index contributed by atoms with van der Waals surface area (Å²) in [6.45, 7) is 5.63. The predicted octanol–water partition coefficient (Wildman–Crippen LogP) is 1.71. The van der Waals surface area contributed by atoms with Gasteiger partial charge in [-0.1, -0.05) is 13.8 Å². The normalized spacial score (nSPS) is 29.8. The van der Waals surface area contributed by atoms with Crippen LogP contribution in [0.1, 0.15) is 33.6 Å². The van der Waals surface area contributed by atoms with Crippen LogP contribution in [0.4, 0.5) is 0 Å². The highest BCUT2D eigenvalue weighted by atomic mass is 16.4. The summed E-state index contributed by atoms with van der Waals surface area (Å²) in [6, 6.07) is 0. The van der Waals surface area contributed by atoms with E-state index in [0.29, 0.717) is 6.42 Å². The molecule has 1 rings (SSSR count). The highest BCUT2D eigenvalue weighted by molar-refractivity contribution is 5.76. The second kappa shape index (κ2) is 3.13. The molecular formula is C10H16O3. The van der Waals surface area contributed by atoms with Crippen LogP contribution in [0.15, 0.2) is 0 Å². The van der Waals surface area contributed by atoms with Gasteiger partial charge in [0.15, 0.2) is 0 Å². The molecule has 0 bridgehead atoms. The smallest absolute Gasteiger partial charge is 0.303 e. The lowest BCUT2D eigenvalue weighted by Gasteiger charge is -1.99. The van der Waals surface area contributed by atoms with Crippen molar-refractivity contribution in [3.63, 3.8) is 0 Å². The summed E-state index contributed by atoms with van der Waals surface area (Å²) >= 11 is 0. The standard InChI is InChI=1S/C10H16O3/c1-6(11)4-7-8(5-9(12)13)10(7,2)3/h7-8H,4-5H2,1-3H3,(H,12,13)/t7-,8-/m0/s1. The summed E-state index contributed by atoms with van der Waals surface area (Å²) in [5, 5.41) is 8.62. The van der Waals surface area contributed by atoms with Gasteiger partial charge in [-0.3, -0.25) is 4.79 Å². The lowest BCUT2D eigenvalue weighted by atomic mass is 10.1. The van der Waals surface area contributed by atoms with Crippen molar-refractivity contribution in [1.82, 2.24) is 0 Å². The third-order valence-corrected chi connectivity index (χ3v) is 3.19. The molecule has 1 aliphatic carbocycles. The van der Waals surface area contributed by atoms with Crippen molar-refractivity contribution in [3.8, 4) is 0 Å². The van der Waals surface area contributed by atoms with E-state index in [4.69, 9.17) is 5.11 Å². The van der Waals surface area contributed by atoms with Crippen molar-refractivity contribution >= 4 is 11.8 Å². The molecule has 74 valence electrons. The number of rotatable bonds is 4. The quantitative estimate of drug-likeness (QED) is 0.723. The molecular weight excluding hydrogens is 168 g/mol. The second-order valence-corrected chi connectivity index (χ2v) is 4.54. The number of hydrogen-bond acceptors (Lipinski definition) is 2. The maximum atomic E-state index is 10.9. The Morgan fingerprint density at radius 2 is 1.69 bits per heavy atom. The van der Waals surface area contributed by atoms with Crippen LogP contribution in [0.3, 0.4) is 0 Å². The first-order valence-corrected chi connectivity index (χ1v) is 4.57. The third-order valence-electron chi connectivity index (χ3n) is 3.19.